The fraction of sp³-hybridized carbons (Fsp3) is 0.0588. The van der Waals surface area contributed by atoms with Gasteiger partial charge in [0.1, 0.15) is 11.3 Å². The number of Topliss-reactive ketones (excluding diaryl/α,β-unsaturated/α-hetero) is 1. The van der Waals surface area contributed by atoms with Crippen LogP contribution in [0.1, 0.15) is 15.9 Å². The maximum atomic E-state index is 12.4. The maximum Gasteiger partial charge on any atom is 0.347 e. The van der Waals surface area contributed by atoms with E-state index in [1.165, 1.54) is 0 Å². The Morgan fingerprint density at radius 1 is 1.00 bits per heavy atom. The largest absolute Gasteiger partial charge is 0.422 e. The normalized spacial score (nSPS) is 15.8. The second-order valence-electron chi connectivity index (χ2n) is 4.55. The van der Waals surface area contributed by atoms with Gasteiger partial charge in [-0.3, -0.25) is 4.79 Å². The van der Waals surface area contributed by atoms with Crippen molar-refractivity contribution in [1.29, 1.82) is 0 Å². The van der Waals surface area contributed by atoms with Gasteiger partial charge in [0.15, 0.2) is 0 Å². The smallest absolute Gasteiger partial charge is 0.347 e. The number of ketones is 1. The molecule has 0 spiro atoms. The SMILES string of the molecule is CSc1ccc(/C=C2/C(=O)Oc3ccccc3C2=O)cc1. The predicted octanol–water partition coefficient (Wildman–Crippen LogP) is 3.59. The first-order valence-electron chi connectivity index (χ1n) is 6.40. The first-order valence-corrected chi connectivity index (χ1v) is 7.63. The van der Waals surface area contributed by atoms with Crippen LogP contribution in [0.25, 0.3) is 6.08 Å². The summed E-state index contributed by atoms with van der Waals surface area (Å²) >= 11 is 1.64. The third-order valence-corrected chi connectivity index (χ3v) is 3.97. The van der Waals surface area contributed by atoms with Gasteiger partial charge in [-0.1, -0.05) is 24.3 Å². The van der Waals surface area contributed by atoms with Crippen molar-refractivity contribution in [2.75, 3.05) is 6.26 Å². The van der Waals surface area contributed by atoms with E-state index in [2.05, 4.69) is 0 Å². The number of hydrogen-bond donors (Lipinski definition) is 0. The number of hydrogen-bond acceptors (Lipinski definition) is 4. The molecule has 0 radical (unpaired) electrons. The van der Waals surface area contributed by atoms with Gasteiger partial charge in [0, 0.05) is 4.90 Å². The summed E-state index contributed by atoms with van der Waals surface area (Å²) < 4.78 is 5.20. The van der Waals surface area contributed by atoms with Gasteiger partial charge in [-0.05, 0) is 42.2 Å². The van der Waals surface area contributed by atoms with E-state index in [1.807, 2.05) is 30.5 Å². The minimum atomic E-state index is -0.604. The lowest BCUT2D eigenvalue weighted by Crippen LogP contribution is -2.24. The molecule has 0 aromatic heterocycles. The Bertz CT molecular complexity index is 745. The lowest BCUT2D eigenvalue weighted by Gasteiger charge is -2.16. The molecule has 1 aliphatic rings. The zero-order valence-electron chi connectivity index (χ0n) is 11.3. The van der Waals surface area contributed by atoms with Crippen molar-refractivity contribution in [2.24, 2.45) is 0 Å². The maximum absolute atomic E-state index is 12.4. The van der Waals surface area contributed by atoms with Gasteiger partial charge in [-0.15, -0.1) is 11.8 Å². The summed E-state index contributed by atoms with van der Waals surface area (Å²) in [6.07, 6.45) is 3.57. The van der Waals surface area contributed by atoms with Crippen molar-refractivity contribution in [2.45, 2.75) is 4.90 Å². The Labute approximate surface area is 126 Å². The number of rotatable bonds is 2. The molecule has 0 N–H and O–H groups in total. The number of thioether (sulfide) groups is 1. The molecule has 2 aromatic rings. The molecular weight excluding hydrogens is 284 g/mol. The van der Waals surface area contributed by atoms with E-state index in [-0.39, 0.29) is 11.4 Å². The first kappa shape index (κ1) is 13.6. The van der Waals surface area contributed by atoms with Crippen LogP contribution in [0.15, 0.2) is 59.0 Å². The zero-order chi connectivity index (χ0) is 14.8. The van der Waals surface area contributed by atoms with Gasteiger partial charge in [-0.25, -0.2) is 4.79 Å². The van der Waals surface area contributed by atoms with Crippen LogP contribution in [-0.4, -0.2) is 18.0 Å². The molecule has 0 saturated carbocycles. The summed E-state index contributed by atoms with van der Waals surface area (Å²) in [5, 5.41) is 0. The van der Waals surface area contributed by atoms with E-state index in [1.54, 1.807) is 42.1 Å². The monoisotopic (exact) mass is 296 g/mol. The summed E-state index contributed by atoms with van der Waals surface area (Å²) in [7, 11) is 0. The molecule has 1 heterocycles. The molecule has 1 aliphatic heterocycles. The van der Waals surface area contributed by atoms with Crippen LogP contribution in [0, 0.1) is 0 Å². The molecule has 3 rings (SSSR count). The molecule has 104 valence electrons. The molecule has 21 heavy (non-hydrogen) atoms. The number of carbonyl (C=O) groups is 2. The predicted molar refractivity (Wildman–Crippen MR) is 82.6 cm³/mol. The van der Waals surface area contributed by atoms with Crippen LogP contribution in [0.3, 0.4) is 0 Å². The summed E-state index contributed by atoms with van der Waals surface area (Å²) in [6, 6.07) is 14.4. The summed E-state index contributed by atoms with van der Waals surface area (Å²) in [5.41, 5.74) is 1.28. The highest BCUT2D eigenvalue weighted by Gasteiger charge is 2.30. The lowest BCUT2D eigenvalue weighted by atomic mass is 9.98. The number of para-hydroxylation sites is 1. The van der Waals surface area contributed by atoms with Crippen molar-refractivity contribution >= 4 is 29.6 Å². The van der Waals surface area contributed by atoms with E-state index >= 15 is 0 Å². The van der Waals surface area contributed by atoms with E-state index < -0.39 is 5.97 Å². The molecule has 2 aromatic carbocycles. The Morgan fingerprint density at radius 3 is 2.43 bits per heavy atom. The lowest BCUT2D eigenvalue weighted by molar-refractivity contribution is -0.130. The molecule has 0 saturated heterocycles. The molecule has 3 nitrogen and oxygen atoms in total. The van der Waals surface area contributed by atoms with Crippen molar-refractivity contribution in [3.8, 4) is 5.75 Å². The summed E-state index contributed by atoms with van der Waals surface area (Å²) in [5.74, 6) is -0.578. The van der Waals surface area contributed by atoms with Gasteiger partial charge < -0.3 is 4.74 Å². The highest BCUT2D eigenvalue weighted by molar-refractivity contribution is 7.98. The van der Waals surface area contributed by atoms with Gasteiger partial charge in [-0.2, -0.15) is 0 Å². The molecule has 0 amide bonds. The van der Waals surface area contributed by atoms with Crippen molar-refractivity contribution in [1.82, 2.24) is 0 Å². The standard InChI is InChI=1S/C17H12O3S/c1-21-12-8-6-11(7-9-12)10-14-16(18)13-4-2-3-5-15(13)20-17(14)19/h2-10H,1H3/b14-10+. The Morgan fingerprint density at radius 2 is 1.71 bits per heavy atom. The van der Waals surface area contributed by atoms with Crippen LogP contribution in [0.5, 0.6) is 5.75 Å². The minimum Gasteiger partial charge on any atom is -0.422 e. The topological polar surface area (TPSA) is 43.4 Å². The van der Waals surface area contributed by atoms with E-state index in [0.717, 1.165) is 10.5 Å². The van der Waals surface area contributed by atoms with Gasteiger partial charge in [0.05, 0.1) is 5.56 Å². The quantitative estimate of drug-likeness (QED) is 0.279. The molecule has 4 heteroatoms. The molecule has 0 aliphatic carbocycles. The average molecular weight is 296 g/mol. The first-order chi connectivity index (χ1) is 10.2. The van der Waals surface area contributed by atoms with Crippen LogP contribution < -0.4 is 4.74 Å². The number of esters is 1. The molecular formula is C17H12O3S. The molecule has 0 fully saturated rings. The Hall–Kier alpha value is -2.33. The second-order valence-corrected chi connectivity index (χ2v) is 5.43. The Balaban J connectivity index is 2.00. The van der Waals surface area contributed by atoms with Crippen LogP contribution in [-0.2, 0) is 4.79 Å². The Kier molecular flexibility index (Phi) is 3.62. The molecule has 0 unspecified atom stereocenters. The van der Waals surface area contributed by atoms with E-state index in [0.29, 0.717) is 11.3 Å². The fourth-order valence-electron chi connectivity index (χ4n) is 2.13. The van der Waals surface area contributed by atoms with Gasteiger partial charge in [0.2, 0.25) is 5.78 Å². The van der Waals surface area contributed by atoms with Crippen molar-refractivity contribution in [3.05, 3.63) is 65.2 Å². The second kappa shape index (κ2) is 5.58. The third-order valence-electron chi connectivity index (χ3n) is 3.23. The highest BCUT2D eigenvalue weighted by Crippen LogP contribution is 2.28. The minimum absolute atomic E-state index is 0.0607. The van der Waals surface area contributed by atoms with E-state index in [4.69, 9.17) is 4.74 Å². The van der Waals surface area contributed by atoms with Crippen LogP contribution in [0.4, 0.5) is 0 Å². The van der Waals surface area contributed by atoms with Crippen LogP contribution >= 0.6 is 11.8 Å². The molecule has 0 bridgehead atoms. The van der Waals surface area contributed by atoms with Crippen molar-refractivity contribution in [3.63, 3.8) is 0 Å². The van der Waals surface area contributed by atoms with E-state index in [9.17, 15) is 9.59 Å². The van der Waals surface area contributed by atoms with Gasteiger partial charge in [0.25, 0.3) is 0 Å². The summed E-state index contributed by atoms with van der Waals surface area (Å²) in [4.78, 5) is 25.5. The van der Waals surface area contributed by atoms with Gasteiger partial charge >= 0.3 is 5.97 Å². The highest BCUT2D eigenvalue weighted by atomic mass is 32.2. The summed E-state index contributed by atoms with van der Waals surface area (Å²) in [6.45, 7) is 0. The third kappa shape index (κ3) is 2.62. The zero-order valence-corrected chi connectivity index (χ0v) is 12.1. The number of fused-ring (bicyclic) bond motifs is 1. The van der Waals surface area contributed by atoms with Crippen LogP contribution in [0.2, 0.25) is 0 Å². The average Bonchev–Trinajstić information content (AvgIpc) is 2.52. The number of carbonyl (C=O) groups excluding carboxylic acids is 2. The van der Waals surface area contributed by atoms with Crippen molar-refractivity contribution < 1.29 is 14.3 Å². The molecule has 0 atom stereocenters. The fourth-order valence-corrected chi connectivity index (χ4v) is 2.54. The number of benzene rings is 2. The number of ether oxygens (including phenoxy) is 1.